The summed E-state index contributed by atoms with van der Waals surface area (Å²) in [5, 5.41) is 0. The number of carbonyl (C=O) groups is 1. The summed E-state index contributed by atoms with van der Waals surface area (Å²) in [6.07, 6.45) is 1.12. The summed E-state index contributed by atoms with van der Waals surface area (Å²) in [6.45, 7) is 14.4. The number of aldehydes is 1. The van der Waals surface area contributed by atoms with Gasteiger partial charge in [-0.05, 0) is 66.0 Å². The van der Waals surface area contributed by atoms with Gasteiger partial charge in [0, 0.05) is 19.1 Å². The number of hydrogen-bond donors (Lipinski definition) is 0. The Balaban J connectivity index is 2.15. The van der Waals surface area contributed by atoms with Crippen LogP contribution < -0.4 is 4.74 Å². The zero-order chi connectivity index (χ0) is 38.5. The molecule has 0 spiro atoms. The van der Waals surface area contributed by atoms with E-state index >= 15 is 0 Å². The average molecular weight is 775 g/mol. The Morgan fingerprint density at radius 3 is 2.09 bits per heavy atom. The highest BCUT2D eigenvalue weighted by molar-refractivity contribution is 6.74. The number of benzene rings is 2. The maximum Gasteiger partial charge on any atom is 0.193 e. The van der Waals surface area contributed by atoms with Gasteiger partial charge in [-0.3, -0.25) is 0 Å². The van der Waals surface area contributed by atoms with E-state index < -0.39 is 47.3 Å². The van der Waals surface area contributed by atoms with Crippen molar-refractivity contribution in [1.82, 2.24) is 0 Å². The van der Waals surface area contributed by atoms with E-state index in [-0.39, 0.29) is 13.6 Å². The van der Waals surface area contributed by atoms with Gasteiger partial charge < -0.3 is 46.8 Å². The zero-order valence-electron chi connectivity index (χ0n) is 33.5. The van der Waals surface area contributed by atoms with Gasteiger partial charge in [-0.15, -0.1) is 0 Å². The van der Waals surface area contributed by atoms with Crippen LogP contribution in [0.5, 0.6) is 5.75 Å². The maximum absolute atomic E-state index is 11.6. The summed E-state index contributed by atoms with van der Waals surface area (Å²) in [7, 11) is -1.14. The second-order valence-electron chi connectivity index (χ2n) is 13.6. The molecule has 0 amide bonds. The molecule has 10 nitrogen and oxygen atoms in total. The number of carbonyl (C=O) groups excluding carboxylic acids is 1. The van der Waals surface area contributed by atoms with Crippen LogP contribution in [0.2, 0.25) is 36.3 Å². The average Bonchev–Trinajstić information content (AvgIpc) is 3.21. The Morgan fingerprint density at radius 2 is 1.51 bits per heavy atom. The van der Waals surface area contributed by atoms with Crippen molar-refractivity contribution in [3.63, 3.8) is 0 Å². The molecule has 0 radical (unpaired) electrons. The largest absolute Gasteiger partial charge is 0.497 e. The Kier molecular flexibility index (Phi) is 20.7. The summed E-state index contributed by atoms with van der Waals surface area (Å²) in [6, 6.07) is 23.5. The first-order chi connectivity index (χ1) is 25.8. The Bertz CT molecular complexity index is 1290. The molecule has 12 heteroatoms. The van der Waals surface area contributed by atoms with Crippen molar-refractivity contribution in [2.45, 2.75) is 128 Å². The van der Waals surface area contributed by atoms with Crippen LogP contribution in [0.1, 0.15) is 71.8 Å². The smallest absolute Gasteiger partial charge is 0.193 e. The van der Waals surface area contributed by atoms with Gasteiger partial charge in [-0.1, -0.05) is 90.1 Å². The van der Waals surface area contributed by atoms with Crippen LogP contribution in [0.15, 0.2) is 66.2 Å². The molecule has 53 heavy (non-hydrogen) atoms. The molecule has 0 unspecified atom stereocenters. The Hall–Kier alpha value is -2.24. The molecule has 1 saturated heterocycles. The van der Waals surface area contributed by atoms with Crippen LogP contribution in [-0.4, -0.2) is 88.4 Å². The molecule has 0 saturated carbocycles. The third-order valence-corrected chi connectivity index (χ3v) is 20.0. The maximum atomic E-state index is 11.6. The summed E-state index contributed by atoms with van der Waals surface area (Å²) in [4.78, 5) is 11.6. The Morgan fingerprint density at radius 1 is 0.849 bits per heavy atom. The topological polar surface area (TPSA) is 100 Å². The van der Waals surface area contributed by atoms with E-state index in [2.05, 4.69) is 47.6 Å². The molecule has 3 rings (SSSR count). The van der Waals surface area contributed by atoms with Crippen molar-refractivity contribution in [3.8, 4) is 5.75 Å². The fourth-order valence-electron chi connectivity index (χ4n) is 6.85. The van der Waals surface area contributed by atoms with Gasteiger partial charge in [-0.25, -0.2) is 0 Å². The van der Waals surface area contributed by atoms with E-state index in [1.165, 1.54) is 0 Å². The molecule has 1 aliphatic heterocycles. The van der Waals surface area contributed by atoms with E-state index in [1.807, 2.05) is 54.6 Å². The lowest BCUT2D eigenvalue weighted by molar-refractivity contribution is -0.289. The third kappa shape index (κ3) is 13.8. The zero-order valence-corrected chi connectivity index (χ0v) is 35.5. The molecule has 1 fully saturated rings. The lowest BCUT2D eigenvalue weighted by Gasteiger charge is -2.46. The molecule has 1 aliphatic rings. The summed E-state index contributed by atoms with van der Waals surface area (Å²) in [5.74, 6) is 0.786. The third-order valence-electron chi connectivity index (χ3n) is 10.7. The number of methoxy groups -OCH3 is 2. The van der Waals surface area contributed by atoms with Gasteiger partial charge in [0.25, 0.3) is 0 Å². The SMILES string of the molecule is CC[Si](CC)(CC)O[C@@H](/C=C(\CCC=O)COCOC)[C@@H](OCOCc1ccc(OC)cc1)[C@@H]1O[C@H](c2ccccc2)OC[C@H]1O[Si](CC)(CC)CC. The van der Waals surface area contributed by atoms with E-state index in [9.17, 15) is 4.79 Å². The molecule has 2 aromatic rings. The van der Waals surface area contributed by atoms with Gasteiger partial charge in [0.05, 0.1) is 39.1 Å². The monoisotopic (exact) mass is 774 g/mol. The molecule has 298 valence electrons. The van der Waals surface area contributed by atoms with E-state index in [4.69, 9.17) is 42.0 Å². The van der Waals surface area contributed by atoms with Crippen molar-refractivity contribution >= 4 is 22.9 Å². The molecule has 0 N–H and O–H groups in total. The highest BCUT2D eigenvalue weighted by atomic mass is 28.4. The van der Waals surface area contributed by atoms with Gasteiger partial charge >= 0.3 is 0 Å². The molecule has 0 aromatic heterocycles. The van der Waals surface area contributed by atoms with E-state index in [0.717, 1.165) is 65.0 Å². The van der Waals surface area contributed by atoms with Crippen molar-refractivity contribution < 1.29 is 46.8 Å². The van der Waals surface area contributed by atoms with Crippen LogP contribution in [0, 0.1) is 0 Å². The molecule has 2 aromatic carbocycles. The van der Waals surface area contributed by atoms with Gasteiger partial charge in [0.2, 0.25) is 0 Å². The number of ether oxygens (including phenoxy) is 7. The molecule has 0 aliphatic carbocycles. The molecule has 0 bridgehead atoms. The van der Waals surface area contributed by atoms with Crippen molar-refractivity contribution in [3.05, 3.63) is 77.4 Å². The molecular weight excluding hydrogens is 709 g/mol. The van der Waals surface area contributed by atoms with E-state index in [1.54, 1.807) is 14.2 Å². The molecule has 5 atom stereocenters. The lowest BCUT2D eigenvalue weighted by Crippen LogP contribution is -2.58. The van der Waals surface area contributed by atoms with Crippen LogP contribution in [-0.2, 0) is 48.7 Å². The predicted octanol–water partition coefficient (Wildman–Crippen LogP) is 8.98. The van der Waals surface area contributed by atoms with Crippen molar-refractivity contribution in [2.75, 3.05) is 41.0 Å². The van der Waals surface area contributed by atoms with Crippen LogP contribution in [0.25, 0.3) is 0 Å². The minimum atomic E-state index is -2.25. The summed E-state index contributed by atoms with van der Waals surface area (Å²) < 4.78 is 57.5. The fraction of sp³-hybridized carbons (Fsp3) is 0.634. The van der Waals surface area contributed by atoms with Crippen molar-refractivity contribution in [1.29, 1.82) is 0 Å². The quantitative estimate of drug-likeness (QED) is 0.0288. The van der Waals surface area contributed by atoms with Gasteiger partial charge in [0.1, 0.15) is 37.8 Å². The second kappa shape index (κ2) is 24.3. The lowest BCUT2D eigenvalue weighted by atomic mass is 9.98. The minimum absolute atomic E-state index is 0.00544. The first kappa shape index (κ1) is 45.2. The standard InChI is InChI=1S/C41H66O10Si2/c1-9-52(10-2,11-3)50-37(27-34(19-18-26-42)29-45-31-43-7)39(48-32-46-28-33-22-24-36(44-8)25-23-33)40-38(51-53(12-4,13-5)14-6)30-47-41(49-40)35-20-16-15-17-21-35/h15-17,20-27,37-41H,9-14,18-19,28-32H2,1-8H3/b34-27+/t37-,38+,39+,40+,41+/m0/s1. The van der Waals surface area contributed by atoms with Crippen LogP contribution in [0.4, 0.5) is 0 Å². The normalized spacial score (nSPS) is 19.5. The number of rotatable bonds is 27. The van der Waals surface area contributed by atoms with Crippen molar-refractivity contribution in [2.24, 2.45) is 0 Å². The first-order valence-electron chi connectivity index (χ1n) is 19.5. The van der Waals surface area contributed by atoms with Crippen LogP contribution >= 0.6 is 0 Å². The molecular formula is C41H66O10Si2. The highest BCUT2D eigenvalue weighted by Crippen LogP contribution is 2.37. The number of hydrogen-bond acceptors (Lipinski definition) is 10. The van der Waals surface area contributed by atoms with Gasteiger partial charge in [0.15, 0.2) is 22.9 Å². The minimum Gasteiger partial charge on any atom is -0.497 e. The fourth-order valence-corrected chi connectivity index (χ4v) is 12.5. The first-order valence-corrected chi connectivity index (χ1v) is 24.5. The second-order valence-corrected chi connectivity index (χ2v) is 23.1. The van der Waals surface area contributed by atoms with Crippen LogP contribution in [0.3, 0.4) is 0 Å². The summed E-state index contributed by atoms with van der Waals surface area (Å²) >= 11 is 0. The predicted molar refractivity (Wildman–Crippen MR) is 213 cm³/mol. The summed E-state index contributed by atoms with van der Waals surface area (Å²) in [5.41, 5.74) is 2.85. The highest BCUT2D eigenvalue weighted by Gasteiger charge is 2.47. The molecule has 1 heterocycles. The Labute approximate surface area is 321 Å². The van der Waals surface area contributed by atoms with Gasteiger partial charge in [-0.2, -0.15) is 0 Å². The van der Waals surface area contributed by atoms with E-state index in [0.29, 0.717) is 32.7 Å².